The van der Waals surface area contributed by atoms with Gasteiger partial charge in [0.05, 0.1) is 6.42 Å². The Morgan fingerprint density at radius 2 is 2.06 bits per heavy atom. The average molecular weight is 247 g/mol. The largest absolute Gasteiger partial charge is 0.388 e. The number of nitrogens with zero attached hydrogens (tertiary/aromatic N) is 1. The van der Waals surface area contributed by atoms with E-state index in [1.807, 2.05) is 31.1 Å². The predicted molar refractivity (Wildman–Crippen MR) is 75.2 cm³/mol. The Kier molecular flexibility index (Phi) is 3.30. The minimum atomic E-state index is -0.0844. The summed E-state index contributed by atoms with van der Waals surface area (Å²) in [5.41, 5.74) is 3.12. The molecule has 0 spiro atoms. The molecule has 0 aromatic heterocycles. The third-order valence-corrected chi connectivity index (χ3v) is 3.53. The highest BCUT2D eigenvalue weighted by atomic mass is 16.2. The molecule has 4 nitrogen and oxygen atoms in total. The number of hydrogen-bond acceptors (Lipinski definition) is 3. The number of amides is 1. The van der Waals surface area contributed by atoms with Crippen LogP contribution in [0.2, 0.25) is 0 Å². The molecule has 0 fully saturated rings. The number of fused-ring (bicyclic) bond motifs is 1. The van der Waals surface area contributed by atoms with Crippen LogP contribution in [0.15, 0.2) is 18.2 Å². The molecule has 0 unspecified atom stereocenters. The summed E-state index contributed by atoms with van der Waals surface area (Å²) in [5.74, 6) is 0.182. The highest BCUT2D eigenvalue weighted by molar-refractivity contribution is 6.01. The number of carbonyl (C=O) groups excluding carboxylic acids is 1. The van der Waals surface area contributed by atoms with E-state index in [1.54, 1.807) is 0 Å². The lowest BCUT2D eigenvalue weighted by Crippen LogP contribution is -2.48. The third kappa shape index (κ3) is 2.34. The van der Waals surface area contributed by atoms with Gasteiger partial charge < -0.3 is 15.5 Å². The van der Waals surface area contributed by atoms with Gasteiger partial charge in [-0.2, -0.15) is 0 Å². The van der Waals surface area contributed by atoms with Crippen molar-refractivity contribution < 1.29 is 4.79 Å². The fourth-order valence-electron chi connectivity index (χ4n) is 2.19. The topological polar surface area (TPSA) is 44.4 Å². The van der Waals surface area contributed by atoms with E-state index >= 15 is 0 Å². The first kappa shape index (κ1) is 12.9. The molecule has 2 N–H and O–H groups in total. The van der Waals surface area contributed by atoms with Crippen molar-refractivity contribution in [2.45, 2.75) is 25.8 Å². The predicted octanol–water partition coefficient (Wildman–Crippen LogP) is 1.62. The van der Waals surface area contributed by atoms with Crippen molar-refractivity contribution in [1.82, 2.24) is 5.32 Å². The van der Waals surface area contributed by atoms with Crippen LogP contribution in [0.5, 0.6) is 0 Å². The zero-order valence-electron chi connectivity index (χ0n) is 11.5. The summed E-state index contributed by atoms with van der Waals surface area (Å²) in [6.45, 7) is 4.88. The number of hydrogen-bond donors (Lipinski definition) is 2. The second kappa shape index (κ2) is 4.61. The van der Waals surface area contributed by atoms with Gasteiger partial charge in [-0.05, 0) is 44.7 Å². The molecule has 0 saturated heterocycles. The molecule has 4 heteroatoms. The minimum Gasteiger partial charge on any atom is -0.388 e. The van der Waals surface area contributed by atoms with Gasteiger partial charge in [-0.15, -0.1) is 0 Å². The fraction of sp³-hybridized carbons (Fsp3) is 0.500. The maximum Gasteiger partial charge on any atom is 0.231 e. The lowest BCUT2D eigenvalue weighted by molar-refractivity contribution is -0.117. The van der Waals surface area contributed by atoms with Crippen molar-refractivity contribution in [2.75, 3.05) is 30.9 Å². The molecule has 1 amide bonds. The Labute approximate surface area is 108 Å². The number of carbonyl (C=O) groups is 1. The number of nitrogens with one attached hydrogen (secondary N) is 2. The summed E-state index contributed by atoms with van der Waals surface area (Å²) < 4.78 is 0. The Morgan fingerprint density at radius 1 is 1.33 bits per heavy atom. The molecule has 1 aliphatic heterocycles. The lowest BCUT2D eigenvalue weighted by atomic mass is 10.1. The Morgan fingerprint density at radius 3 is 2.67 bits per heavy atom. The molecule has 2 rings (SSSR count). The summed E-state index contributed by atoms with van der Waals surface area (Å²) >= 11 is 0. The average Bonchev–Trinajstić information content (AvgIpc) is 2.64. The fourth-order valence-corrected chi connectivity index (χ4v) is 2.19. The van der Waals surface area contributed by atoms with Crippen LogP contribution in [-0.2, 0) is 11.2 Å². The summed E-state index contributed by atoms with van der Waals surface area (Å²) in [5, 5.41) is 6.34. The maximum absolute atomic E-state index is 12.1. The quantitative estimate of drug-likeness (QED) is 0.849. The molecular formula is C14H21N3O. The van der Waals surface area contributed by atoms with Gasteiger partial charge in [0.1, 0.15) is 0 Å². The second-order valence-electron chi connectivity index (χ2n) is 5.38. The minimum absolute atomic E-state index is 0.0844. The van der Waals surface area contributed by atoms with Crippen LogP contribution in [0.25, 0.3) is 0 Å². The van der Waals surface area contributed by atoms with Crippen molar-refractivity contribution in [3.8, 4) is 0 Å². The monoisotopic (exact) mass is 247 g/mol. The molecule has 98 valence electrons. The van der Waals surface area contributed by atoms with E-state index in [-0.39, 0.29) is 11.4 Å². The number of benzene rings is 1. The van der Waals surface area contributed by atoms with Crippen LogP contribution in [0.4, 0.5) is 11.4 Å². The molecule has 18 heavy (non-hydrogen) atoms. The van der Waals surface area contributed by atoms with Gasteiger partial charge in [-0.3, -0.25) is 4.79 Å². The van der Waals surface area contributed by atoms with Gasteiger partial charge in [0.2, 0.25) is 5.91 Å². The van der Waals surface area contributed by atoms with Gasteiger partial charge >= 0.3 is 0 Å². The second-order valence-corrected chi connectivity index (χ2v) is 5.38. The number of anilines is 2. The molecule has 1 aromatic carbocycles. The zero-order valence-corrected chi connectivity index (χ0v) is 11.5. The molecule has 0 aliphatic carbocycles. The van der Waals surface area contributed by atoms with E-state index in [0.717, 1.165) is 16.9 Å². The van der Waals surface area contributed by atoms with Crippen LogP contribution in [0, 0.1) is 0 Å². The Hall–Kier alpha value is -1.55. The summed E-state index contributed by atoms with van der Waals surface area (Å²) in [6, 6.07) is 6.09. The number of rotatable bonds is 4. The van der Waals surface area contributed by atoms with Gasteiger partial charge in [0, 0.05) is 30.5 Å². The van der Waals surface area contributed by atoms with Crippen LogP contribution < -0.4 is 15.5 Å². The molecule has 0 radical (unpaired) electrons. The molecular weight excluding hydrogens is 226 g/mol. The standard InChI is InChI=1S/C14H21N3O/c1-14(2,16-4)9-17-12-6-5-11(15-3)7-10(12)8-13(17)18/h5-7,15-16H,8-9H2,1-4H3. The maximum atomic E-state index is 12.1. The van der Waals surface area contributed by atoms with Crippen LogP contribution in [0.3, 0.4) is 0 Å². The van der Waals surface area contributed by atoms with E-state index in [4.69, 9.17) is 0 Å². The van der Waals surface area contributed by atoms with Gasteiger partial charge in [0.25, 0.3) is 0 Å². The SMILES string of the molecule is CNc1ccc2c(c1)CC(=O)N2CC(C)(C)NC. The highest BCUT2D eigenvalue weighted by Gasteiger charge is 2.31. The van der Waals surface area contributed by atoms with E-state index < -0.39 is 0 Å². The third-order valence-electron chi connectivity index (χ3n) is 3.53. The normalized spacial score (nSPS) is 14.9. The van der Waals surface area contributed by atoms with E-state index in [1.165, 1.54) is 0 Å². The van der Waals surface area contributed by atoms with E-state index in [2.05, 4.69) is 30.5 Å². The van der Waals surface area contributed by atoms with Gasteiger partial charge in [-0.25, -0.2) is 0 Å². The first-order valence-electron chi connectivity index (χ1n) is 6.27. The molecule has 1 aromatic rings. The van der Waals surface area contributed by atoms with Crippen LogP contribution in [0.1, 0.15) is 19.4 Å². The molecule has 0 atom stereocenters. The van der Waals surface area contributed by atoms with Crippen molar-refractivity contribution in [3.05, 3.63) is 23.8 Å². The van der Waals surface area contributed by atoms with Crippen molar-refractivity contribution in [2.24, 2.45) is 0 Å². The summed E-state index contributed by atoms with van der Waals surface area (Å²) in [7, 11) is 3.81. The number of likely N-dealkylation sites (N-methyl/N-ethyl adjacent to an activating group) is 1. The molecule has 1 heterocycles. The van der Waals surface area contributed by atoms with Crippen molar-refractivity contribution in [3.63, 3.8) is 0 Å². The molecule has 0 bridgehead atoms. The van der Waals surface area contributed by atoms with Crippen molar-refractivity contribution in [1.29, 1.82) is 0 Å². The zero-order chi connectivity index (χ0) is 13.3. The van der Waals surface area contributed by atoms with Gasteiger partial charge in [-0.1, -0.05) is 0 Å². The first-order valence-corrected chi connectivity index (χ1v) is 6.27. The van der Waals surface area contributed by atoms with Crippen molar-refractivity contribution >= 4 is 17.3 Å². The summed E-state index contributed by atoms with van der Waals surface area (Å²) in [6.07, 6.45) is 0.505. The van der Waals surface area contributed by atoms with Crippen LogP contribution in [-0.4, -0.2) is 32.1 Å². The van der Waals surface area contributed by atoms with E-state index in [0.29, 0.717) is 13.0 Å². The smallest absolute Gasteiger partial charge is 0.231 e. The lowest BCUT2D eigenvalue weighted by Gasteiger charge is -2.30. The molecule has 1 aliphatic rings. The Balaban J connectivity index is 2.28. The van der Waals surface area contributed by atoms with Crippen LogP contribution >= 0.6 is 0 Å². The Bertz CT molecular complexity index is 468. The first-order chi connectivity index (χ1) is 8.46. The summed E-state index contributed by atoms with van der Waals surface area (Å²) in [4.78, 5) is 14.0. The van der Waals surface area contributed by atoms with E-state index in [9.17, 15) is 4.79 Å². The van der Waals surface area contributed by atoms with Gasteiger partial charge in [0.15, 0.2) is 0 Å². The highest BCUT2D eigenvalue weighted by Crippen LogP contribution is 2.32. The molecule has 0 saturated carbocycles.